The van der Waals surface area contributed by atoms with Gasteiger partial charge in [0.05, 0.1) is 17.6 Å². The molecule has 2 saturated heterocycles. The number of nitrogens with two attached hydrogens (primary N) is 1. The van der Waals surface area contributed by atoms with Crippen molar-refractivity contribution < 1.29 is 0 Å². The maximum Gasteiger partial charge on any atom is 0.0738 e. The summed E-state index contributed by atoms with van der Waals surface area (Å²) in [5.41, 5.74) is 8.57. The van der Waals surface area contributed by atoms with E-state index in [0.29, 0.717) is 5.41 Å². The number of aromatic nitrogens is 1. The van der Waals surface area contributed by atoms with Crippen molar-refractivity contribution in [1.29, 1.82) is 0 Å². The highest BCUT2D eigenvalue weighted by Crippen LogP contribution is 2.41. The third-order valence-electron chi connectivity index (χ3n) is 4.66. The van der Waals surface area contributed by atoms with Gasteiger partial charge in [0, 0.05) is 19.3 Å². The van der Waals surface area contributed by atoms with Crippen LogP contribution in [0.1, 0.15) is 25.7 Å². The number of hydrogen-bond acceptors (Lipinski definition) is 4. The molecular weight excluding hydrogens is 224 g/mol. The molecule has 2 fully saturated rings. The standard InChI is InChI=1S/C14H22N4/c15-12-11-17-6-1-13(12)18-9-4-14(5-10-18)2-7-16-8-3-14/h1,6,11,16H,2-5,7-10,15H2. The molecule has 3 N–H and O–H groups in total. The molecule has 1 aromatic heterocycles. The zero-order valence-corrected chi connectivity index (χ0v) is 10.9. The molecule has 0 bridgehead atoms. The first kappa shape index (κ1) is 11.8. The zero-order valence-electron chi connectivity index (χ0n) is 10.9. The SMILES string of the molecule is Nc1cnccc1N1CCC2(CCNCC2)CC1. The maximum absolute atomic E-state index is 6.01. The van der Waals surface area contributed by atoms with Gasteiger partial charge in [-0.15, -0.1) is 0 Å². The van der Waals surface area contributed by atoms with Crippen LogP contribution in [0.25, 0.3) is 0 Å². The Labute approximate surface area is 109 Å². The Bertz CT molecular complexity index is 402. The van der Waals surface area contributed by atoms with Gasteiger partial charge in [-0.2, -0.15) is 0 Å². The van der Waals surface area contributed by atoms with Gasteiger partial charge in [0.1, 0.15) is 0 Å². The molecular formula is C14H22N4. The molecule has 2 aliphatic heterocycles. The van der Waals surface area contributed by atoms with Gasteiger partial charge in [0.2, 0.25) is 0 Å². The van der Waals surface area contributed by atoms with Crippen LogP contribution in [0.4, 0.5) is 11.4 Å². The first-order valence-electron chi connectivity index (χ1n) is 6.94. The summed E-state index contributed by atoms with van der Waals surface area (Å²) in [5, 5.41) is 3.47. The van der Waals surface area contributed by atoms with Crippen molar-refractivity contribution in [3.8, 4) is 0 Å². The fraction of sp³-hybridized carbons (Fsp3) is 0.643. The van der Waals surface area contributed by atoms with Gasteiger partial charge in [-0.3, -0.25) is 4.98 Å². The Kier molecular flexibility index (Phi) is 3.12. The Morgan fingerprint density at radius 2 is 1.89 bits per heavy atom. The molecule has 18 heavy (non-hydrogen) atoms. The molecule has 1 aromatic rings. The molecule has 0 aromatic carbocycles. The highest BCUT2D eigenvalue weighted by Gasteiger charge is 2.35. The normalized spacial score (nSPS) is 23.2. The van der Waals surface area contributed by atoms with E-state index in [4.69, 9.17) is 5.73 Å². The van der Waals surface area contributed by atoms with Crippen LogP contribution in [0.2, 0.25) is 0 Å². The summed E-state index contributed by atoms with van der Waals surface area (Å²) in [6.45, 7) is 4.65. The second kappa shape index (κ2) is 4.76. The summed E-state index contributed by atoms with van der Waals surface area (Å²) in [6, 6.07) is 2.04. The Balaban J connectivity index is 1.68. The number of nitrogen functional groups attached to an aromatic ring is 1. The summed E-state index contributed by atoms with van der Waals surface area (Å²) in [6.07, 6.45) is 8.87. The zero-order chi connectivity index (χ0) is 12.4. The molecule has 0 radical (unpaired) electrons. The van der Waals surface area contributed by atoms with Crippen molar-refractivity contribution in [3.05, 3.63) is 18.5 Å². The number of nitrogens with zero attached hydrogens (tertiary/aromatic N) is 2. The Hall–Kier alpha value is -1.29. The minimum absolute atomic E-state index is 0.601. The van der Waals surface area contributed by atoms with Crippen LogP contribution < -0.4 is 16.0 Å². The quantitative estimate of drug-likeness (QED) is 0.791. The minimum Gasteiger partial charge on any atom is -0.396 e. The fourth-order valence-electron chi connectivity index (χ4n) is 3.37. The lowest BCUT2D eigenvalue weighted by Gasteiger charge is -2.45. The van der Waals surface area contributed by atoms with E-state index in [1.54, 1.807) is 6.20 Å². The predicted molar refractivity (Wildman–Crippen MR) is 74.6 cm³/mol. The van der Waals surface area contributed by atoms with Crippen LogP contribution in [0, 0.1) is 5.41 Å². The second-order valence-corrected chi connectivity index (χ2v) is 5.67. The molecule has 3 heterocycles. The third kappa shape index (κ3) is 2.17. The van der Waals surface area contributed by atoms with E-state index in [-0.39, 0.29) is 0 Å². The lowest BCUT2D eigenvalue weighted by molar-refractivity contribution is 0.155. The van der Waals surface area contributed by atoms with Crippen molar-refractivity contribution in [1.82, 2.24) is 10.3 Å². The van der Waals surface area contributed by atoms with Crippen LogP contribution in [0.15, 0.2) is 18.5 Å². The number of rotatable bonds is 1. The molecule has 3 rings (SSSR count). The Morgan fingerprint density at radius 3 is 2.56 bits per heavy atom. The van der Waals surface area contributed by atoms with Crippen LogP contribution in [0.3, 0.4) is 0 Å². The number of pyridine rings is 1. The lowest BCUT2D eigenvalue weighted by Crippen LogP contribution is -2.45. The number of nitrogens with one attached hydrogen (secondary N) is 1. The van der Waals surface area contributed by atoms with Gasteiger partial charge >= 0.3 is 0 Å². The largest absolute Gasteiger partial charge is 0.396 e. The topological polar surface area (TPSA) is 54.2 Å². The highest BCUT2D eigenvalue weighted by molar-refractivity contribution is 5.66. The van der Waals surface area contributed by atoms with Crippen molar-refractivity contribution in [2.75, 3.05) is 36.8 Å². The predicted octanol–water partition coefficient (Wildman–Crippen LogP) is 1.63. The van der Waals surface area contributed by atoms with E-state index in [9.17, 15) is 0 Å². The highest BCUT2D eigenvalue weighted by atomic mass is 15.1. The third-order valence-corrected chi connectivity index (χ3v) is 4.66. The van der Waals surface area contributed by atoms with Crippen molar-refractivity contribution >= 4 is 11.4 Å². The minimum atomic E-state index is 0.601. The molecule has 0 amide bonds. The molecule has 0 unspecified atom stereocenters. The van der Waals surface area contributed by atoms with E-state index in [0.717, 1.165) is 24.5 Å². The average Bonchev–Trinajstić information content (AvgIpc) is 2.42. The number of hydrogen-bond donors (Lipinski definition) is 2. The number of anilines is 2. The smallest absolute Gasteiger partial charge is 0.0738 e. The number of piperidine rings is 2. The van der Waals surface area contributed by atoms with Crippen LogP contribution in [0.5, 0.6) is 0 Å². The fourth-order valence-corrected chi connectivity index (χ4v) is 3.37. The van der Waals surface area contributed by atoms with Gasteiger partial charge in [-0.1, -0.05) is 0 Å². The van der Waals surface area contributed by atoms with Gasteiger partial charge in [0.25, 0.3) is 0 Å². The summed E-state index contributed by atoms with van der Waals surface area (Å²) in [4.78, 5) is 6.48. The van der Waals surface area contributed by atoms with E-state index in [2.05, 4.69) is 15.2 Å². The summed E-state index contributed by atoms with van der Waals surface area (Å²) >= 11 is 0. The van der Waals surface area contributed by atoms with Crippen molar-refractivity contribution in [2.45, 2.75) is 25.7 Å². The summed E-state index contributed by atoms with van der Waals surface area (Å²) in [5.74, 6) is 0. The van der Waals surface area contributed by atoms with E-state index < -0.39 is 0 Å². The Morgan fingerprint density at radius 1 is 1.17 bits per heavy atom. The molecule has 0 saturated carbocycles. The van der Waals surface area contributed by atoms with Gasteiger partial charge in [-0.25, -0.2) is 0 Å². The monoisotopic (exact) mass is 246 g/mol. The average molecular weight is 246 g/mol. The van der Waals surface area contributed by atoms with E-state index >= 15 is 0 Å². The molecule has 2 aliphatic rings. The van der Waals surface area contributed by atoms with E-state index in [1.165, 1.54) is 38.8 Å². The first-order chi connectivity index (χ1) is 8.79. The molecule has 4 heteroatoms. The molecule has 98 valence electrons. The maximum atomic E-state index is 6.01. The molecule has 1 spiro atoms. The molecule has 0 atom stereocenters. The van der Waals surface area contributed by atoms with Gasteiger partial charge in [0.15, 0.2) is 0 Å². The van der Waals surface area contributed by atoms with Crippen molar-refractivity contribution in [3.63, 3.8) is 0 Å². The van der Waals surface area contributed by atoms with Crippen LogP contribution in [-0.2, 0) is 0 Å². The van der Waals surface area contributed by atoms with Gasteiger partial charge in [-0.05, 0) is 50.3 Å². The first-order valence-corrected chi connectivity index (χ1v) is 6.94. The van der Waals surface area contributed by atoms with Crippen LogP contribution >= 0.6 is 0 Å². The summed E-state index contributed by atoms with van der Waals surface area (Å²) < 4.78 is 0. The second-order valence-electron chi connectivity index (χ2n) is 5.67. The van der Waals surface area contributed by atoms with Crippen LogP contribution in [-0.4, -0.2) is 31.2 Å². The molecule has 4 nitrogen and oxygen atoms in total. The van der Waals surface area contributed by atoms with E-state index in [1.807, 2.05) is 12.3 Å². The van der Waals surface area contributed by atoms with Gasteiger partial charge < -0.3 is 16.0 Å². The molecule has 0 aliphatic carbocycles. The van der Waals surface area contributed by atoms with Crippen molar-refractivity contribution in [2.24, 2.45) is 5.41 Å². The summed E-state index contributed by atoms with van der Waals surface area (Å²) in [7, 11) is 0. The lowest BCUT2D eigenvalue weighted by atomic mass is 9.71.